The zero-order valence-corrected chi connectivity index (χ0v) is 28.8. The molecule has 1 saturated carbocycles. The Kier molecular flexibility index (Phi) is 11.5. The van der Waals surface area contributed by atoms with Crippen LogP contribution in [0.1, 0.15) is 54.4 Å². The Morgan fingerprint density at radius 2 is 1.46 bits per heavy atom. The lowest BCUT2D eigenvalue weighted by Gasteiger charge is -2.35. The number of benzene rings is 4. The van der Waals surface area contributed by atoms with E-state index < -0.39 is 28.5 Å². The van der Waals surface area contributed by atoms with Crippen LogP contribution < -0.4 is 14.4 Å². The maximum atomic E-state index is 14.7. The zero-order valence-electron chi connectivity index (χ0n) is 28.0. The van der Waals surface area contributed by atoms with Gasteiger partial charge in [0, 0.05) is 25.1 Å². The molecule has 0 unspecified atom stereocenters. The first-order valence-electron chi connectivity index (χ1n) is 16.6. The number of amides is 2. The first-order chi connectivity index (χ1) is 23.1. The molecular weight excluding hydrogens is 623 g/mol. The van der Waals surface area contributed by atoms with Gasteiger partial charge >= 0.3 is 0 Å². The van der Waals surface area contributed by atoms with Gasteiger partial charge in [-0.25, -0.2) is 8.42 Å². The summed E-state index contributed by atoms with van der Waals surface area (Å²) in [6.45, 7) is 3.49. The van der Waals surface area contributed by atoms with Crippen molar-refractivity contribution in [3.8, 4) is 5.75 Å². The number of methoxy groups -OCH3 is 1. The minimum Gasteiger partial charge on any atom is -0.497 e. The van der Waals surface area contributed by atoms with Crippen molar-refractivity contribution in [2.75, 3.05) is 18.0 Å². The third-order valence-electron chi connectivity index (χ3n) is 8.93. The van der Waals surface area contributed by atoms with Crippen LogP contribution >= 0.6 is 0 Å². The molecule has 4 aromatic carbocycles. The van der Waals surface area contributed by atoms with Gasteiger partial charge in [0.05, 0.1) is 17.7 Å². The molecule has 1 fully saturated rings. The predicted molar refractivity (Wildman–Crippen MR) is 189 cm³/mol. The topological polar surface area (TPSA) is 96.0 Å². The number of aryl methyl sites for hydroxylation is 2. The van der Waals surface area contributed by atoms with Gasteiger partial charge in [-0.05, 0) is 62.1 Å². The maximum absolute atomic E-state index is 14.7. The Balaban J connectivity index is 1.57. The summed E-state index contributed by atoms with van der Waals surface area (Å²) in [5, 5.41) is 3.25. The second-order valence-corrected chi connectivity index (χ2v) is 14.4. The van der Waals surface area contributed by atoms with Gasteiger partial charge in [0.25, 0.3) is 10.0 Å². The largest absolute Gasteiger partial charge is 0.497 e. The molecule has 0 spiro atoms. The zero-order chi connectivity index (χ0) is 34.1. The molecule has 1 N–H and O–H groups in total. The van der Waals surface area contributed by atoms with Crippen LogP contribution in [0.25, 0.3) is 0 Å². The van der Waals surface area contributed by atoms with E-state index in [1.54, 1.807) is 53.4 Å². The maximum Gasteiger partial charge on any atom is 0.264 e. The van der Waals surface area contributed by atoms with Gasteiger partial charge in [-0.3, -0.25) is 13.9 Å². The lowest BCUT2D eigenvalue weighted by atomic mass is 9.94. The molecule has 0 bridgehead atoms. The summed E-state index contributed by atoms with van der Waals surface area (Å²) in [7, 11) is -2.70. The SMILES string of the molecule is COc1cccc(N(CC(=O)N(Cc2ccc(C)cc2)[C@H](Cc2ccccc2)C(=O)NC2CCCCC2)S(=O)(=O)c2ccc(C)cc2)c1. The molecule has 0 heterocycles. The molecule has 8 nitrogen and oxygen atoms in total. The van der Waals surface area contributed by atoms with Gasteiger partial charge in [-0.1, -0.05) is 103 Å². The van der Waals surface area contributed by atoms with Crippen molar-refractivity contribution >= 4 is 27.5 Å². The molecule has 48 heavy (non-hydrogen) atoms. The highest BCUT2D eigenvalue weighted by molar-refractivity contribution is 7.92. The molecule has 9 heteroatoms. The molecule has 1 aliphatic carbocycles. The number of rotatable bonds is 13. The molecular formula is C39H45N3O5S. The van der Waals surface area contributed by atoms with Crippen molar-refractivity contribution in [3.05, 3.63) is 125 Å². The third kappa shape index (κ3) is 8.83. The van der Waals surface area contributed by atoms with Gasteiger partial charge in [0.1, 0.15) is 18.3 Å². The number of sulfonamides is 1. The van der Waals surface area contributed by atoms with Crippen LogP contribution in [0.4, 0.5) is 5.69 Å². The van der Waals surface area contributed by atoms with Crippen LogP contribution in [0.3, 0.4) is 0 Å². The molecule has 1 atom stereocenters. The van der Waals surface area contributed by atoms with Gasteiger partial charge < -0.3 is 15.0 Å². The minimum absolute atomic E-state index is 0.0380. The molecule has 4 aromatic rings. The van der Waals surface area contributed by atoms with E-state index in [0.29, 0.717) is 5.75 Å². The van der Waals surface area contributed by atoms with Crippen molar-refractivity contribution in [2.24, 2.45) is 0 Å². The number of nitrogens with one attached hydrogen (secondary N) is 1. The highest BCUT2D eigenvalue weighted by Gasteiger charge is 2.35. The Bertz CT molecular complexity index is 1770. The van der Waals surface area contributed by atoms with Crippen LogP contribution in [0.5, 0.6) is 5.75 Å². The minimum atomic E-state index is -4.20. The highest BCUT2D eigenvalue weighted by Crippen LogP contribution is 2.28. The average Bonchev–Trinajstić information content (AvgIpc) is 3.10. The number of hydrogen-bond acceptors (Lipinski definition) is 5. The summed E-state index contributed by atoms with van der Waals surface area (Å²) in [5.74, 6) is -0.274. The third-order valence-corrected chi connectivity index (χ3v) is 10.7. The summed E-state index contributed by atoms with van der Waals surface area (Å²) in [5.41, 5.74) is 4.01. The van der Waals surface area contributed by atoms with Crippen molar-refractivity contribution in [1.82, 2.24) is 10.2 Å². The van der Waals surface area contributed by atoms with E-state index in [0.717, 1.165) is 58.7 Å². The van der Waals surface area contributed by atoms with Crippen LogP contribution in [-0.4, -0.2) is 50.9 Å². The van der Waals surface area contributed by atoms with E-state index in [9.17, 15) is 18.0 Å². The van der Waals surface area contributed by atoms with Crippen LogP contribution in [0.2, 0.25) is 0 Å². The molecule has 0 radical (unpaired) electrons. The van der Waals surface area contributed by atoms with E-state index >= 15 is 0 Å². The van der Waals surface area contributed by atoms with Gasteiger partial charge in [-0.15, -0.1) is 0 Å². The smallest absolute Gasteiger partial charge is 0.264 e. The summed E-state index contributed by atoms with van der Waals surface area (Å²) in [6.07, 6.45) is 5.32. The lowest BCUT2D eigenvalue weighted by Crippen LogP contribution is -2.55. The van der Waals surface area contributed by atoms with Gasteiger partial charge in [-0.2, -0.15) is 0 Å². The lowest BCUT2D eigenvalue weighted by molar-refractivity contribution is -0.140. The second kappa shape index (κ2) is 16.0. The van der Waals surface area contributed by atoms with E-state index in [-0.39, 0.29) is 35.5 Å². The molecule has 0 saturated heterocycles. The van der Waals surface area contributed by atoms with E-state index in [2.05, 4.69) is 5.32 Å². The second-order valence-electron chi connectivity index (χ2n) is 12.6. The number of anilines is 1. The number of ether oxygens (including phenoxy) is 1. The van der Waals surface area contributed by atoms with E-state index in [4.69, 9.17) is 4.74 Å². The predicted octanol–water partition coefficient (Wildman–Crippen LogP) is 6.60. The fourth-order valence-electron chi connectivity index (χ4n) is 6.12. The first kappa shape index (κ1) is 34.7. The Hall–Kier alpha value is -4.63. The van der Waals surface area contributed by atoms with Crippen molar-refractivity contribution in [3.63, 3.8) is 0 Å². The number of nitrogens with zero attached hydrogens (tertiary/aromatic N) is 2. The van der Waals surface area contributed by atoms with Gasteiger partial charge in [0.2, 0.25) is 11.8 Å². The monoisotopic (exact) mass is 667 g/mol. The molecule has 1 aliphatic rings. The fourth-order valence-corrected chi connectivity index (χ4v) is 7.53. The summed E-state index contributed by atoms with van der Waals surface area (Å²) < 4.78 is 35.1. The molecule has 2 amide bonds. The molecule has 5 rings (SSSR count). The van der Waals surface area contributed by atoms with Crippen molar-refractivity contribution < 1.29 is 22.7 Å². The van der Waals surface area contributed by atoms with Crippen molar-refractivity contribution in [1.29, 1.82) is 0 Å². The van der Waals surface area contributed by atoms with Crippen LogP contribution in [0, 0.1) is 13.8 Å². The van der Waals surface area contributed by atoms with Gasteiger partial charge in [0.15, 0.2) is 0 Å². The Morgan fingerprint density at radius 3 is 2.10 bits per heavy atom. The fraction of sp³-hybridized carbons (Fsp3) is 0.333. The summed E-state index contributed by atoms with van der Waals surface area (Å²) in [6, 6.07) is 29.8. The molecule has 252 valence electrons. The van der Waals surface area contributed by atoms with Crippen LogP contribution in [-0.2, 0) is 32.6 Å². The van der Waals surface area contributed by atoms with E-state index in [1.165, 1.54) is 7.11 Å². The summed E-state index contributed by atoms with van der Waals surface area (Å²) in [4.78, 5) is 30.6. The standard InChI is InChI=1S/C39H45N3O5S/c1-29-17-21-32(22-18-29)27-41(37(25-31-11-6-4-7-12-31)39(44)40-33-13-8-5-9-14-33)38(43)28-42(34-15-10-16-35(26-34)47-3)48(45,46)36-23-19-30(2)20-24-36/h4,6-7,10-12,15-24,26,33,37H,5,8-9,13-14,25,27-28H2,1-3H3,(H,40,44)/t37-/m1/s1. The Labute approximate surface area is 284 Å². The quantitative estimate of drug-likeness (QED) is 0.174. The highest BCUT2D eigenvalue weighted by atomic mass is 32.2. The van der Waals surface area contributed by atoms with Crippen LogP contribution in [0.15, 0.2) is 108 Å². The average molecular weight is 668 g/mol. The molecule has 0 aliphatic heterocycles. The number of carbonyl (C=O) groups excluding carboxylic acids is 2. The Morgan fingerprint density at radius 1 is 0.812 bits per heavy atom. The molecule has 0 aromatic heterocycles. The first-order valence-corrected chi connectivity index (χ1v) is 18.0. The van der Waals surface area contributed by atoms with E-state index in [1.807, 2.05) is 68.4 Å². The summed E-state index contributed by atoms with van der Waals surface area (Å²) >= 11 is 0. The number of carbonyl (C=O) groups is 2. The number of hydrogen-bond donors (Lipinski definition) is 1. The van der Waals surface area contributed by atoms with Crippen molar-refractivity contribution in [2.45, 2.75) is 75.9 Å². The normalized spacial score (nSPS) is 14.1.